The first-order valence-electron chi connectivity index (χ1n) is 5.00. The topological polar surface area (TPSA) is 87.7 Å². The van der Waals surface area contributed by atoms with Crippen molar-refractivity contribution < 1.29 is 14.3 Å². The number of carboxylic acid groups (broad SMARTS) is 1. The van der Waals surface area contributed by atoms with Gasteiger partial charge in [-0.3, -0.25) is 9.79 Å². The van der Waals surface area contributed by atoms with Gasteiger partial charge in [0, 0.05) is 13.0 Å². The van der Waals surface area contributed by atoms with Crippen LogP contribution in [0.5, 0.6) is 0 Å². The number of aliphatic imine (C=N–C) groups is 1. The second-order valence-corrected chi connectivity index (χ2v) is 3.34. The highest BCUT2D eigenvalue weighted by atomic mass is 19.1. The smallest absolute Gasteiger partial charge is 0.324 e. The summed E-state index contributed by atoms with van der Waals surface area (Å²) in [6, 6.07) is -0.986. The third kappa shape index (κ3) is 6.94. The normalized spacial score (nSPS) is 14.9. The second-order valence-electron chi connectivity index (χ2n) is 3.34. The zero-order valence-electron chi connectivity index (χ0n) is 9.53. The van der Waals surface area contributed by atoms with Crippen molar-refractivity contribution in [2.45, 2.75) is 25.8 Å². The molecule has 0 heterocycles. The Kier molecular flexibility index (Phi) is 7.11. The van der Waals surface area contributed by atoms with Crippen molar-refractivity contribution in [3.8, 4) is 0 Å². The molecule has 0 aromatic heterocycles. The van der Waals surface area contributed by atoms with E-state index < -0.39 is 17.8 Å². The number of halogens is 1. The molecule has 0 aromatic rings. The Bertz CT molecular complexity index is 286. The molecule has 0 aliphatic rings. The zero-order valence-corrected chi connectivity index (χ0v) is 9.53. The fourth-order valence-electron chi connectivity index (χ4n) is 1.05. The van der Waals surface area contributed by atoms with E-state index in [2.05, 4.69) is 10.3 Å². The van der Waals surface area contributed by atoms with Crippen LogP contribution in [0.3, 0.4) is 0 Å². The minimum atomic E-state index is -1.10. The van der Waals surface area contributed by atoms with Crippen LogP contribution >= 0.6 is 0 Å². The predicted molar refractivity (Wildman–Crippen MR) is 61.1 cm³/mol. The Morgan fingerprint density at radius 3 is 2.75 bits per heavy atom. The second kappa shape index (κ2) is 7.81. The highest BCUT2D eigenvalue weighted by Gasteiger charge is 2.12. The number of aliphatic carboxylic acids is 1. The lowest BCUT2D eigenvalue weighted by atomic mass is 10.2. The average molecular weight is 231 g/mol. The van der Waals surface area contributed by atoms with Gasteiger partial charge < -0.3 is 16.2 Å². The largest absolute Gasteiger partial charge is 0.480 e. The summed E-state index contributed by atoms with van der Waals surface area (Å²) in [6.45, 7) is 2.11. The maximum absolute atomic E-state index is 13.2. The molecule has 0 fully saturated rings. The molecule has 6 heteroatoms. The fourth-order valence-corrected chi connectivity index (χ4v) is 1.05. The molecule has 0 saturated heterocycles. The van der Waals surface area contributed by atoms with Crippen LogP contribution in [0.15, 0.2) is 16.9 Å². The molecule has 92 valence electrons. The van der Waals surface area contributed by atoms with E-state index in [9.17, 15) is 9.18 Å². The monoisotopic (exact) mass is 231 g/mol. The molecule has 5 nitrogen and oxygen atoms in total. The molecule has 4 N–H and O–H groups in total. The number of likely N-dealkylation sites (N-methyl/N-ethyl adjacent to an activating group) is 1. The van der Waals surface area contributed by atoms with Crippen molar-refractivity contribution in [2.75, 3.05) is 13.6 Å². The lowest BCUT2D eigenvalue weighted by Crippen LogP contribution is -2.31. The van der Waals surface area contributed by atoms with Crippen LogP contribution in [0.25, 0.3) is 0 Å². The Hall–Kier alpha value is -1.43. The van der Waals surface area contributed by atoms with Gasteiger partial charge in [-0.25, -0.2) is 4.39 Å². The van der Waals surface area contributed by atoms with Gasteiger partial charge in [0.2, 0.25) is 0 Å². The van der Waals surface area contributed by atoms with Crippen LogP contribution in [0, 0.1) is 0 Å². The van der Waals surface area contributed by atoms with Gasteiger partial charge in [0.1, 0.15) is 6.04 Å². The van der Waals surface area contributed by atoms with Crippen molar-refractivity contribution in [3.63, 3.8) is 0 Å². The van der Waals surface area contributed by atoms with Gasteiger partial charge in [-0.15, -0.1) is 0 Å². The number of hydrogen-bond donors (Lipinski definition) is 3. The molecule has 0 amide bonds. The third-order valence-corrected chi connectivity index (χ3v) is 1.86. The van der Waals surface area contributed by atoms with Crippen molar-refractivity contribution in [1.82, 2.24) is 5.32 Å². The summed E-state index contributed by atoms with van der Waals surface area (Å²) < 4.78 is 13.2. The summed E-state index contributed by atoms with van der Waals surface area (Å²) >= 11 is 0. The van der Waals surface area contributed by atoms with Crippen molar-refractivity contribution in [3.05, 3.63) is 11.9 Å². The van der Waals surface area contributed by atoms with Gasteiger partial charge in [-0.05, 0) is 26.5 Å². The first-order valence-corrected chi connectivity index (χ1v) is 5.00. The van der Waals surface area contributed by atoms with Crippen molar-refractivity contribution in [1.29, 1.82) is 0 Å². The van der Waals surface area contributed by atoms with Gasteiger partial charge in [-0.1, -0.05) is 0 Å². The number of nitrogens with zero attached hydrogens (tertiary/aromatic N) is 1. The molecule has 16 heavy (non-hydrogen) atoms. The molecular formula is C10H18FN3O2. The maximum Gasteiger partial charge on any atom is 0.324 e. The molecule has 0 aliphatic carbocycles. The summed E-state index contributed by atoms with van der Waals surface area (Å²) in [5.74, 6) is -1.09. The average Bonchev–Trinajstić information content (AvgIpc) is 2.20. The van der Waals surface area contributed by atoms with Gasteiger partial charge in [0.15, 0.2) is 0 Å². The van der Waals surface area contributed by atoms with Crippen LogP contribution in [0.2, 0.25) is 0 Å². The van der Waals surface area contributed by atoms with E-state index in [1.807, 2.05) is 0 Å². The summed E-state index contributed by atoms with van der Waals surface area (Å²) in [5, 5.41) is 11.1. The van der Waals surface area contributed by atoms with Crippen molar-refractivity contribution >= 4 is 11.8 Å². The summed E-state index contributed by atoms with van der Waals surface area (Å²) in [4.78, 5) is 14.5. The molecule has 0 aromatic carbocycles. The van der Waals surface area contributed by atoms with E-state index in [0.717, 1.165) is 6.08 Å². The highest BCUT2D eigenvalue weighted by molar-refractivity contribution is 5.77. The number of amidine groups is 1. The zero-order chi connectivity index (χ0) is 12.6. The van der Waals surface area contributed by atoms with Crippen LogP contribution < -0.4 is 11.1 Å². The van der Waals surface area contributed by atoms with E-state index in [0.29, 0.717) is 18.8 Å². The lowest BCUT2D eigenvalue weighted by Gasteiger charge is -2.05. The first-order chi connectivity index (χ1) is 7.47. The minimum Gasteiger partial charge on any atom is -0.480 e. The number of nitrogens with one attached hydrogen (secondary N) is 1. The number of rotatable bonds is 7. The minimum absolute atomic E-state index is 0.169. The van der Waals surface area contributed by atoms with Crippen molar-refractivity contribution in [2.24, 2.45) is 10.7 Å². The number of allylic oxidation sites excluding steroid dienone is 1. The molecule has 0 aliphatic heterocycles. The number of carboxylic acids is 1. The quantitative estimate of drug-likeness (QED) is 0.341. The van der Waals surface area contributed by atoms with Crippen LogP contribution in [-0.4, -0.2) is 36.5 Å². The van der Waals surface area contributed by atoms with Gasteiger partial charge in [0.05, 0.1) is 11.7 Å². The van der Waals surface area contributed by atoms with E-state index in [1.165, 1.54) is 7.05 Å². The summed E-state index contributed by atoms with van der Waals surface area (Å²) in [5.41, 5.74) is 5.31. The highest BCUT2D eigenvalue weighted by Crippen LogP contribution is 2.08. The Balaban J connectivity index is 4.04. The lowest BCUT2D eigenvalue weighted by molar-refractivity contribution is -0.138. The van der Waals surface area contributed by atoms with Gasteiger partial charge in [-0.2, -0.15) is 0 Å². The Morgan fingerprint density at radius 1 is 1.69 bits per heavy atom. The number of hydrogen-bond acceptors (Lipinski definition) is 3. The van der Waals surface area contributed by atoms with Gasteiger partial charge in [0.25, 0.3) is 0 Å². The van der Waals surface area contributed by atoms with E-state index in [-0.39, 0.29) is 6.42 Å². The summed E-state index contributed by atoms with van der Waals surface area (Å²) in [7, 11) is 1.46. The molecule has 0 bridgehead atoms. The molecule has 0 radical (unpaired) electrons. The third-order valence-electron chi connectivity index (χ3n) is 1.86. The molecule has 0 rings (SSSR count). The fraction of sp³-hybridized carbons (Fsp3) is 0.600. The Labute approximate surface area is 94.2 Å². The van der Waals surface area contributed by atoms with Crippen LogP contribution in [-0.2, 0) is 4.79 Å². The standard InChI is InChI=1S/C10H18FN3O2/c1-7(12)14-5-3-4-8(11)6-9(13-2)10(15)16/h6,9,13H,3-5H2,1-2H3,(H2,12,14)(H,15,16)/b8-6-/t9-/m0/s1. The molecule has 0 spiro atoms. The van der Waals surface area contributed by atoms with Crippen LogP contribution in [0.1, 0.15) is 19.8 Å². The predicted octanol–water partition coefficient (Wildman–Crippen LogP) is 0.670. The molecule has 0 unspecified atom stereocenters. The first kappa shape index (κ1) is 14.6. The Morgan fingerprint density at radius 2 is 2.31 bits per heavy atom. The molecular weight excluding hydrogens is 213 g/mol. The van der Waals surface area contributed by atoms with E-state index in [4.69, 9.17) is 10.8 Å². The molecule has 1 atom stereocenters. The van der Waals surface area contributed by atoms with Gasteiger partial charge >= 0.3 is 5.97 Å². The number of nitrogens with two attached hydrogens (primary N) is 1. The SMILES string of the molecule is CN[C@@H](/C=C(\F)CCCN=C(C)N)C(=O)O. The summed E-state index contributed by atoms with van der Waals surface area (Å²) in [6.07, 6.45) is 1.73. The van der Waals surface area contributed by atoms with E-state index in [1.54, 1.807) is 6.92 Å². The molecule has 0 saturated carbocycles. The van der Waals surface area contributed by atoms with E-state index >= 15 is 0 Å². The van der Waals surface area contributed by atoms with Crippen LogP contribution in [0.4, 0.5) is 4.39 Å². The maximum atomic E-state index is 13.2. The number of carbonyl (C=O) groups is 1.